The van der Waals surface area contributed by atoms with Crippen LogP contribution in [0.3, 0.4) is 0 Å². The summed E-state index contributed by atoms with van der Waals surface area (Å²) in [5.74, 6) is 1.26. The quantitative estimate of drug-likeness (QED) is 0.480. The monoisotopic (exact) mass is 379 g/mol. The van der Waals surface area contributed by atoms with Crippen molar-refractivity contribution in [3.8, 4) is 5.75 Å². The van der Waals surface area contributed by atoms with Crippen LogP contribution in [0.25, 0.3) is 0 Å². The van der Waals surface area contributed by atoms with E-state index in [1.54, 1.807) is 7.11 Å². The molecule has 0 spiro atoms. The molecule has 4 nitrogen and oxygen atoms in total. The van der Waals surface area contributed by atoms with Gasteiger partial charge in [0.2, 0.25) is 0 Å². The molecule has 6 heteroatoms. The number of rotatable bonds is 4. The van der Waals surface area contributed by atoms with E-state index in [0.717, 1.165) is 14.9 Å². The molecule has 0 amide bonds. The van der Waals surface area contributed by atoms with Gasteiger partial charge in [0.15, 0.2) is 5.96 Å². The second-order valence-electron chi connectivity index (χ2n) is 4.20. The van der Waals surface area contributed by atoms with Crippen LogP contribution in [-0.4, -0.2) is 19.1 Å². The highest BCUT2D eigenvalue weighted by Gasteiger charge is 2.21. The Morgan fingerprint density at radius 2 is 2.33 bits per heavy atom. The zero-order valence-electron chi connectivity index (χ0n) is 10.0. The molecule has 0 saturated heterocycles. The summed E-state index contributed by atoms with van der Waals surface area (Å²) in [6, 6.07) is 4.28. The predicted molar refractivity (Wildman–Crippen MR) is 82.2 cm³/mol. The van der Waals surface area contributed by atoms with E-state index in [-0.39, 0.29) is 0 Å². The summed E-state index contributed by atoms with van der Waals surface area (Å²) in [5, 5.41) is 3.84. The van der Waals surface area contributed by atoms with Crippen molar-refractivity contribution in [1.29, 1.82) is 0 Å². The van der Waals surface area contributed by atoms with Crippen molar-refractivity contribution in [1.82, 2.24) is 5.32 Å². The van der Waals surface area contributed by atoms with Gasteiger partial charge in [-0.1, -0.05) is 11.6 Å². The van der Waals surface area contributed by atoms with Gasteiger partial charge in [0, 0.05) is 15.2 Å². The molecule has 0 bridgehead atoms. The SMILES string of the molecule is COc1cc(I)c(Cl)cc1CN=C(N)NC1CC1. The van der Waals surface area contributed by atoms with Gasteiger partial charge in [-0.2, -0.15) is 0 Å². The van der Waals surface area contributed by atoms with Crippen molar-refractivity contribution in [3.05, 3.63) is 26.3 Å². The second kappa shape index (κ2) is 5.97. The number of methoxy groups -OCH3 is 1. The molecule has 98 valence electrons. The third kappa shape index (κ3) is 3.65. The Hall–Kier alpha value is -0.690. The van der Waals surface area contributed by atoms with Crippen LogP contribution in [0.2, 0.25) is 5.02 Å². The average Bonchev–Trinajstić information content (AvgIpc) is 3.14. The van der Waals surface area contributed by atoms with Crippen molar-refractivity contribution in [2.24, 2.45) is 10.7 Å². The summed E-state index contributed by atoms with van der Waals surface area (Å²) < 4.78 is 6.27. The molecule has 18 heavy (non-hydrogen) atoms. The second-order valence-corrected chi connectivity index (χ2v) is 5.77. The van der Waals surface area contributed by atoms with Crippen LogP contribution < -0.4 is 15.8 Å². The number of nitrogens with one attached hydrogen (secondary N) is 1. The standard InChI is InChI=1S/C12H15ClIN3O/c1-18-11-5-10(14)9(13)4-7(11)6-16-12(15)17-8-2-3-8/h4-5,8H,2-3,6H2,1H3,(H3,15,16,17). The molecule has 1 fully saturated rings. The number of hydrogen-bond acceptors (Lipinski definition) is 2. The van der Waals surface area contributed by atoms with E-state index in [2.05, 4.69) is 32.9 Å². The minimum atomic E-state index is 0.464. The third-order valence-electron chi connectivity index (χ3n) is 2.67. The van der Waals surface area contributed by atoms with Gasteiger partial charge in [0.05, 0.1) is 18.7 Å². The Morgan fingerprint density at radius 3 is 2.94 bits per heavy atom. The van der Waals surface area contributed by atoms with Gasteiger partial charge in [-0.25, -0.2) is 4.99 Å². The first-order valence-electron chi connectivity index (χ1n) is 5.68. The Morgan fingerprint density at radius 1 is 1.61 bits per heavy atom. The fraction of sp³-hybridized carbons (Fsp3) is 0.417. The van der Waals surface area contributed by atoms with Crippen LogP contribution in [0.1, 0.15) is 18.4 Å². The molecule has 1 aromatic carbocycles. The molecular weight excluding hydrogens is 365 g/mol. The maximum atomic E-state index is 6.09. The van der Waals surface area contributed by atoms with Crippen molar-refractivity contribution < 1.29 is 4.74 Å². The van der Waals surface area contributed by atoms with E-state index in [9.17, 15) is 0 Å². The normalized spacial score (nSPS) is 15.6. The topological polar surface area (TPSA) is 59.6 Å². The molecule has 3 N–H and O–H groups in total. The lowest BCUT2D eigenvalue weighted by molar-refractivity contribution is 0.409. The number of guanidine groups is 1. The number of nitrogens with two attached hydrogens (primary N) is 1. The Bertz CT molecular complexity index is 475. The number of nitrogens with zero attached hydrogens (tertiary/aromatic N) is 1. The van der Waals surface area contributed by atoms with Crippen molar-refractivity contribution in [2.45, 2.75) is 25.4 Å². The van der Waals surface area contributed by atoms with Gasteiger partial charge in [-0.05, 0) is 47.6 Å². The van der Waals surface area contributed by atoms with E-state index in [0.29, 0.717) is 23.6 Å². The minimum absolute atomic E-state index is 0.464. The maximum Gasteiger partial charge on any atom is 0.189 e. The van der Waals surface area contributed by atoms with Crippen molar-refractivity contribution in [3.63, 3.8) is 0 Å². The molecule has 0 atom stereocenters. The summed E-state index contributed by atoms with van der Waals surface area (Å²) in [6.45, 7) is 0.464. The largest absolute Gasteiger partial charge is 0.496 e. The number of benzene rings is 1. The first-order chi connectivity index (χ1) is 8.60. The highest BCUT2D eigenvalue weighted by Crippen LogP contribution is 2.28. The van der Waals surface area contributed by atoms with E-state index in [1.165, 1.54) is 12.8 Å². The lowest BCUT2D eigenvalue weighted by Crippen LogP contribution is -2.33. The highest BCUT2D eigenvalue weighted by atomic mass is 127. The molecular formula is C12H15ClIN3O. The first-order valence-corrected chi connectivity index (χ1v) is 7.14. The molecule has 0 unspecified atom stereocenters. The molecule has 0 aliphatic heterocycles. The Labute approximate surface area is 125 Å². The zero-order valence-corrected chi connectivity index (χ0v) is 13.0. The van der Waals surface area contributed by atoms with Gasteiger partial charge < -0.3 is 15.8 Å². The van der Waals surface area contributed by atoms with Gasteiger partial charge in [0.1, 0.15) is 5.75 Å². The highest BCUT2D eigenvalue weighted by molar-refractivity contribution is 14.1. The van der Waals surface area contributed by atoms with E-state index in [4.69, 9.17) is 22.1 Å². The first kappa shape index (κ1) is 13.7. The van der Waals surface area contributed by atoms with Gasteiger partial charge in [0.25, 0.3) is 0 Å². The molecule has 2 rings (SSSR count). The van der Waals surface area contributed by atoms with Crippen LogP contribution in [0.4, 0.5) is 0 Å². The van der Waals surface area contributed by atoms with Crippen LogP contribution in [0.5, 0.6) is 5.75 Å². The Balaban J connectivity index is 2.09. The van der Waals surface area contributed by atoms with Crippen molar-refractivity contribution in [2.75, 3.05) is 7.11 Å². The number of aliphatic imine (C=N–C) groups is 1. The fourth-order valence-corrected chi connectivity index (χ4v) is 2.16. The maximum absolute atomic E-state index is 6.09. The molecule has 1 aliphatic carbocycles. The van der Waals surface area contributed by atoms with Gasteiger partial charge in [-0.3, -0.25) is 0 Å². The molecule has 1 aromatic rings. The smallest absolute Gasteiger partial charge is 0.189 e. The van der Waals surface area contributed by atoms with Crippen LogP contribution >= 0.6 is 34.2 Å². The summed E-state index contributed by atoms with van der Waals surface area (Å²) in [6.07, 6.45) is 2.35. The van der Waals surface area contributed by atoms with Crippen LogP contribution in [0, 0.1) is 3.57 Å². The lowest BCUT2D eigenvalue weighted by atomic mass is 10.2. The molecule has 0 radical (unpaired) electrons. The zero-order chi connectivity index (χ0) is 13.1. The molecule has 0 aromatic heterocycles. The van der Waals surface area contributed by atoms with Crippen LogP contribution in [-0.2, 0) is 6.54 Å². The Kier molecular flexibility index (Phi) is 4.55. The number of hydrogen-bond donors (Lipinski definition) is 2. The summed E-state index contributed by atoms with van der Waals surface area (Å²) in [4.78, 5) is 4.30. The average molecular weight is 380 g/mol. The molecule has 1 saturated carbocycles. The van der Waals surface area contributed by atoms with Gasteiger partial charge in [-0.15, -0.1) is 0 Å². The van der Waals surface area contributed by atoms with Crippen LogP contribution in [0.15, 0.2) is 17.1 Å². The van der Waals surface area contributed by atoms with Gasteiger partial charge >= 0.3 is 0 Å². The lowest BCUT2D eigenvalue weighted by Gasteiger charge is -2.09. The van der Waals surface area contributed by atoms with E-state index in [1.807, 2.05) is 12.1 Å². The summed E-state index contributed by atoms with van der Waals surface area (Å²) >= 11 is 8.27. The third-order valence-corrected chi connectivity index (χ3v) is 4.20. The molecule has 0 heterocycles. The predicted octanol–water partition coefficient (Wildman–Crippen LogP) is 2.52. The minimum Gasteiger partial charge on any atom is -0.496 e. The number of halogens is 2. The number of ether oxygens (including phenoxy) is 1. The van der Waals surface area contributed by atoms with Crippen molar-refractivity contribution >= 4 is 40.2 Å². The van der Waals surface area contributed by atoms with E-state index < -0.39 is 0 Å². The molecule has 1 aliphatic rings. The van der Waals surface area contributed by atoms with E-state index >= 15 is 0 Å². The fourth-order valence-electron chi connectivity index (χ4n) is 1.54. The summed E-state index contributed by atoms with van der Waals surface area (Å²) in [5.41, 5.74) is 6.72. The summed E-state index contributed by atoms with van der Waals surface area (Å²) in [7, 11) is 1.64.